The average Bonchev–Trinajstić information content (AvgIpc) is 2.96. The highest BCUT2D eigenvalue weighted by molar-refractivity contribution is 5.80. The SMILES string of the molecule is CCCNCc1cn(C(C)C(=O)NC2CCCCC2)nn1. The molecular formula is C15H27N5O. The number of nitrogens with one attached hydrogen (secondary N) is 2. The highest BCUT2D eigenvalue weighted by atomic mass is 16.2. The molecule has 2 rings (SSSR count). The number of carbonyl (C=O) groups is 1. The van der Waals surface area contributed by atoms with Crippen LogP contribution >= 0.6 is 0 Å². The molecule has 21 heavy (non-hydrogen) atoms. The molecule has 1 heterocycles. The van der Waals surface area contributed by atoms with E-state index in [9.17, 15) is 4.79 Å². The van der Waals surface area contributed by atoms with E-state index in [-0.39, 0.29) is 11.9 Å². The number of amides is 1. The van der Waals surface area contributed by atoms with E-state index in [0.717, 1.165) is 31.5 Å². The first kappa shape index (κ1) is 15.9. The average molecular weight is 293 g/mol. The van der Waals surface area contributed by atoms with Gasteiger partial charge in [-0.2, -0.15) is 0 Å². The van der Waals surface area contributed by atoms with Crippen LogP contribution in [0.25, 0.3) is 0 Å². The van der Waals surface area contributed by atoms with Gasteiger partial charge in [-0.1, -0.05) is 31.4 Å². The van der Waals surface area contributed by atoms with E-state index in [1.165, 1.54) is 19.3 Å². The second-order valence-electron chi connectivity index (χ2n) is 5.89. The normalized spacial score (nSPS) is 17.6. The number of aromatic nitrogens is 3. The van der Waals surface area contributed by atoms with Crippen molar-refractivity contribution in [3.05, 3.63) is 11.9 Å². The van der Waals surface area contributed by atoms with Crippen LogP contribution < -0.4 is 10.6 Å². The molecular weight excluding hydrogens is 266 g/mol. The van der Waals surface area contributed by atoms with Crippen molar-refractivity contribution in [2.24, 2.45) is 0 Å². The zero-order valence-corrected chi connectivity index (χ0v) is 13.1. The summed E-state index contributed by atoms with van der Waals surface area (Å²) in [6.45, 7) is 5.66. The lowest BCUT2D eigenvalue weighted by Crippen LogP contribution is -2.40. The molecule has 0 bridgehead atoms. The summed E-state index contributed by atoms with van der Waals surface area (Å²) in [6.07, 6.45) is 8.87. The molecule has 6 nitrogen and oxygen atoms in total. The molecule has 1 fully saturated rings. The monoisotopic (exact) mass is 293 g/mol. The van der Waals surface area contributed by atoms with Crippen molar-refractivity contribution in [1.82, 2.24) is 25.6 Å². The minimum Gasteiger partial charge on any atom is -0.352 e. The minimum absolute atomic E-state index is 0.0415. The van der Waals surface area contributed by atoms with Gasteiger partial charge in [-0.3, -0.25) is 4.79 Å². The fraction of sp³-hybridized carbons (Fsp3) is 0.800. The van der Waals surface area contributed by atoms with Crippen LogP contribution in [0.4, 0.5) is 0 Å². The van der Waals surface area contributed by atoms with Crippen molar-refractivity contribution in [3.8, 4) is 0 Å². The second-order valence-corrected chi connectivity index (χ2v) is 5.89. The van der Waals surface area contributed by atoms with E-state index in [0.29, 0.717) is 12.6 Å². The van der Waals surface area contributed by atoms with Crippen LogP contribution in [0.2, 0.25) is 0 Å². The lowest BCUT2D eigenvalue weighted by molar-refractivity contribution is -0.125. The third-order valence-corrected chi connectivity index (χ3v) is 4.02. The molecule has 1 atom stereocenters. The topological polar surface area (TPSA) is 71.8 Å². The molecule has 1 aromatic rings. The molecule has 0 aromatic carbocycles. The summed E-state index contributed by atoms with van der Waals surface area (Å²) in [4.78, 5) is 12.3. The van der Waals surface area contributed by atoms with Crippen molar-refractivity contribution in [1.29, 1.82) is 0 Å². The molecule has 0 spiro atoms. The summed E-state index contributed by atoms with van der Waals surface area (Å²) in [5, 5.41) is 14.6. The van der Waals surface area contributed by atoms with Crippen LogP contribution in [-0.4, -0.2) is 33.5 Å². The number of hydrogen-bond donors (Lipinski definition) is 2. The summed E-state index contributed by atoms with van der Waals surface area (Å²) in [5.74, 6) is 0.0415. The predicted octanol–water partition coefficient (Wildman–Crippen LogP) is 1.79. The lowest BCUT2D eigenvalue weighted by Gasteiger charge is -2.24. The van der Waals surface area contributed by atoms with E-state index in [1.807, 2.05) is 13.1 Å². The molecule has 0 radical (unpaired) electrons. The van der Waals surface area contributed by atoms with Gasteiger partial charge in [0.25, 0.3) is 0 Å². The second kappa shape index (κ2) is 8.12. The Hall–Kier alpha value is -1.43. The first-order valence-corrected chi connectivity index (χ1v) is 8.12. The Morgan fingerprint density at radius 3 is 2.90 bits per heavy atom. The Labute approximate surface area is 126 Å². The van der Waals surface area contributed by atoms with Gasteiger partial charge in [-0.25, -0.2) is 4.68 Å². The predicted molar refractivity (Wildman–Crippen MR) is 81.7 cm³/mol. The number of hydrogen-bond acceptors (Lipinski definition) is 4. The quantitative estimate of drug-likeness (QED) is 0.752. The van der Waals surface area contributed by atoms with Crippen LogP contribution in [0.3, 0.4) is 0 Å². The largest absolute Gasteiger partial charge is 0.352 e. The van der Waals surface area contributed by atoms with Crippen molar-refractivity contribution >= 4 is 5.91 Å². The maximum atomic E-state index is 12.3. The zero-order valence-electron chi connectivity index (χ0n) is 13.1. The van der Waals surface area contributed by atoms with Crippen LogP contribution in [0.1, 0.15) is 64.1 Å². The zero-order chi connectivity index (χ0) is 15.1. The first-order chi connectivity index (χ1) is 10.2. The first-order valence-electron chi connectivity index (χ1n) is 8.12. The highest BCUT2D eigenvalue weighted by Crippen LogP contribution is 2.18. The van der Waals surface area contributed by atoms with E-state index in [4.69, 9.17) is 0 Å². The summed E-state index contributed by atoms with van der Waals surface area (Å²) >= 11 is 0. The van der Waals surface area contributed by atoms with E-state index in [2.05, 4.69) is 27.9 Å². The Morgan fingerprint density at radius 1 is 1.43 bits per heavy atom. The molecule has 6 heteroatoms. The van der Waals surface area contributed by atoms with Gasteiger partial charge < -0.3 is 10.6 Å². The van der Waals surface area contributed by atoms with Crippen molar-refractivity contribution < 1.29 is 4.79 Å². The van der Waals surface area contributed by atoms with Crippen LogP contribution in [0.15, 0.2) is 6.20 Å². The van der Waals surface area contributed by atoms with Gasteiger partial charge in [0, 0.05) is 12.6 Å². The molecule has 0 saturated heterocycles. The van der Waals surface area contributed by atoms with Gasteiger partial charge in [-0.15, -0.1) is 5.10 Å². The Kier molecular flexibility index (Phi) is 6.17. The van der Waals surface area contributed by atoms with E-state index >= 15 is 0 Å². The van der Waals surface area contributed by atoms with Gasteiger partial charge in [0.05, 0.1) is 11.9 Å². The molecule has 1 unspecified atom stereocenters. The lowest BCUT2D eigenvalue weighted by atomic mass is 9.95. The van der Waals surface area contributed by atoms with Crippen molar-refractivity contribution in [3.63, 3.8) is 0 Å². The fourth-order valence-electron chi connectivity index (χ4n) is 2.67. The molecule has 1 saturated carbocycles. The van der Waals surface area contributed by atoms with Gasteiger partial charge >= 0.3 is 0 Å². The van der Waals surface area contributed by atoms with Crippen LogP contribution in [-0.2, 0) is 11.3 Å². The van der Waals surface area contributed by atoms with E-state index < -0.39 is 0 Å². The van der Waals surface area contributed by atoms with Crippen molar-refractivity contribution in [2.45, 2.75) is 71.0 Å². The van der Waals surface area contributed by atoms with Crippen molar-refractivity contribution in [2.75, 3.05) is 6.54 Å². The smallest absolute Gasteiger partial charge is 0.244 e. The molecule has 1 aliphatic rings. The summed E-state index contributed by atoms with van der Waals surface area (Å²) in [6, 6.07) is 0.0299. The Balaban J connectivity index is 1.83. The third kappa shape index (κ3) is 4.81. The molecule has 1 aromatic heterocycles. The fourth-order valence-corrected chi connectivity index (χ4v) is 2.67. The number of carbonyl (C=O) groups excluding carboxylic acids is 1. The van der Waals surface area contributed by atoms with Gasteiger partial charge in [0.1, 0.15) is 6.04 Å². The Morgan fingerprint density at radius 2 is 2.19 bits per heavy atom. The summed E-state index contributed by atoms with van der Waals surface area (Å²) in [7, 11) is 0. The van der Waals surface area contributed by atoms with Gasteiger partial charge in [0.2, 0.25) is 5.91 Å². The maximum absolute atomic E-state index is 12.3. The van der Waals surface area contributed by atoms with E-state index in [1.54, 1.807) is 4.68 Å². The summed E-state index contributed by atoms with van der Waals surface area (Å²) in [5.41, 5.74) is 0.876. The minimum atomic E-state index is -0.306. The summed E-state index contributed by atoms with van der Waals surface area (Å²) < 4.78 is 1.65. The van der Waals surface area contributed by atoms with Gasteiger partial charge in [0.15, 0.2) is 0 Å². The molecule has 1 aliphatic carbocycles. The molecule has 118 valence electrons. The molecule has 1 amide bonds. The molecule has 0 aliphatic heterocycles. The van der Waals surface area contributed by atoms with Crippen LogP contribution in [0.5, 0.6) is 0 Å². The standard InChI is InChI=1S/C15H27N5O/c1-3-9-16-10-14-11-20(19-18-14)12(2)15(21)17-13-7-5-4-6-8-13/h11-13,16H,3-10H2,1-2H3,(H,17,21). The maximum Gasteiger partial charge on any atom is 0.244 e. The van der Waals surface area contributed by atoms with Gasteiger partial charge in [-0.05, 0) is 32.7 Å². The third-order valence-electron chi connectivity index (χ3n) is 4.02. The highest BCUT2D eigenvalue weighted by Gasteiger charge is 2.21. The van der Waals surface area contributed by atoms with Crippen LogP contribution in [0, 0.1) is 0 Å². The molecule has 2 N–H and O–H groups in total. The Bertz CT molecular complexity index is 439. The number of rotatable bonds is 7. The number of nitrogens with zero attached hydrogens (tertiary/aromatic N) is 3.